The van der Waals surface area contributed by atoms with Crippen LogP contribution in [0.25, 0.3) is 0 Å². The molecule has 0 spiro atoms. The zero-order valence-electron chi connectivity index (χ0n) is 18.0. The van der Waals surface area contributed by atoms with Crippen molar-refractivity contribution in [2.24, 2.45) is 0 Å². The van der Waals surface area contributed by atoms with E-state index >= 15 is 0 Å². The van der Waals surface area contributed by atoms with E-state index < -0.39 is 0 Å². The van der Waals surface area contributed by atoms with Crippen molar-refractivity contribution in [2.75, 3.05) is 30.4 Å². The van der Waals surface area contributed by atoms with Crippen LogP contribution in [0.1, 0.15) is 49.4 Å². The van der Waals surface area contributed by atoms with Gasteiger partial charge in [0.2, 0.25) is 5.95 Å². The van der Waals surface area contributed by atoms with Crippen LogP contribution in [0.5, 0.6) is 0 Å². The molecule has 1 fully saturated rings. The summed E-state index contributed by atoms with van der Waals surface area (Å²) in [6, 6.07) is 9.11. The highest BCUT2D eigenvalue weighted by molar-refractivity contribution is 5.85. The number of hydrogen-bond acceptors (Lipinski definition) is 5. The second-order valence-corrected chi connectivity index (χ2v) is 7.64. The largest absolute Gasteiger partial charge is 0.355 e. The average Bonchev–Trinajstić information content (AvgIpc) is 2.69. The van der Waals surface area contributed by atoms with Gasteiger partial charge in [0.05, 0.1) is 0 Å². The number of benzene rings is 1. The molecule has 7 heteroatoms. The molecule has 1 aromatic heterocycles. The van der Waals surface area contributed by atoms with Crippen LogP contribution < -0.4 is 15.5 Å². The molecule has 0 amide bonds. The molecular weight excluding hydrogens is 405 g/mol. The van der Waals surface area contributed by atoms with Crippen LogP contribution in [0.15, 0.2) is 24.3 Å². The predicted octanol–water partition coefficient (Wildman–Crippen LogP) is 5.21. The van der Waals surface area contributed by atoms with Gasteiger partial charge in [-0.3, -0.25) is 0 Å². The summed E-state index contributed by atoms with van der Waals surface area (Å²) in [6.07, 6.45) is 5.74. The van der Waals surface area contributed by atoms with Gasteiger partial charge >= 0.3 is 0 Å². The van der Waals surface area contributed by atoms with E-state index in [1.165, 1.54) is 30.4 Å². The summed E-state index contributed by atoms with van der Waals surface area (Å²) in [6.45, 7) is 8.55. The molecule has 0 radical (unpaired) electrons. The van der Waals surface area contributed by atoms with Gasteiger partial charge in [-0.05, 0) is 69.8 Å². The van der Waals surface area contributed by atoms with Crippen molar-refractivity contribution in [1.82, 2.24) is 15.3 Å². The normalized spacial score (nSPS) is 16.0. The number of rotatable bonds is 7. The van der Waals surface area contributed by atoms with Crippen molar-refractivity contribution < 1.29 is 0 Å². The molecule has 1 atom stereocenters. The van der Waals surface area contributed by atoms with Crippen LogP contribution in [-0.2, 0) is 6.42 Å². The number of nitrogens with one attached hydrogen (secondary N) is 2. The highest BCUT2D eigenvalue weighted by Crippen LogP contribution is 2.23. The van der Waals surface area contributed by atoms with Gasteiger partial charge in [-0.2, -0.15) is 4.98 Å². The maximum absolute atomic E-state index is 4.86. The molecule has 1 aliphatic rings. The van der Waals surface area contributed by atoms with Crippen molar-refractivity contribution in [3.63, 3.8) is 0 Å². The number of nitrogens with zero attached hydrogens (tertiary/aromatic N) is 3. The molecule has 0 bridgehead atoms. The van der Waals surface area contributed by atoms with E-state index in [-0.39, 0.29) is 24.8 Å². The van der Waals surface area contributed by atoms with Crippen LogP contribution in [0.4, 0.5) is 17.5 Å². The van der Waals surface area contributed by atoms with E-state index in [4.69, 9.17) is 9.97 Å². The Morgan fingerprint density at radius 2 is 1.90 bits per heavy atom. The Morgan fingerprint density at radius 1 is 1.10 bits per heavy atom. The molecule has 5 nitrogen and oxygen atoms in total. The van der Waals surface area contributed by atoms with E-state index in [0.29, 0.717) is 12.0 Å². The Balaban J connectivity index is 0.00000210. The van der Waals surface area contributed by atoms with E-state index in [1.807, 2.05) is 7.05 Å². The number of piperidine rings is 1. The van der Waals surface area contributed by atoms with Gasteiger partial charge in [-0.15, -0.1) is 24.8 Å². The zero-order chi connectivity index (χ0) is 19.2. The third-order valence-corrected chi connectivity index (χ3v) is 5.47. The second kappa shape index (κ2) is 12.2. The number of halogens is 2. The van der Waals surface area contributed by atoms with Crippen LogP contribution in [0.2, 0.25) is 0 Å². The predicted molar refractivity (Wildman–Crippen MR) is 129 cm³/mol. The van der Waals surface area contributed by atoms with Crippen LogP contribution in [-0.4, -0.2) is 36.1 Å². The lowest BCUT2D eigenvalue weighted by Crippen LogP contribution is -2.44. The number of likely N-dealkylation sites (N-methyl/N-ethyl adjacent to an activating group) is 1. The van der Waals surface area contributed by atoms with Gasteiger partial charge in [-0.25, -0.2) is 4.98 Å². The maximum Gasteiger partial charge on any atom is 0.229 e. The molecule has 1 aliphatic heterocycles. The first-order chi connectivity index (χ1) is 13.1. The molecule has 0 unspecified atom stereocenters. The highest BCUT2D eigenvalue weighted by Gasteiger charge is 2.20. The zero-order valence-corrected chi connectivity index (χ0v) is 19.6. The highest BCUT2D eigenvalue weighted by atomic mass is 35.5. The molecular formula is C22H35Cl2N5. The fourth-order valence-corrected chi connectivity index (χ4v) is 3.56. The summed E-state index contributed by atoms with van der Waals surface area (Å²) in [7, 11) is 2.05. The van der Waals surface area contributed by atoms with Crippen LogP contribution >= 0.6 is 24.8 Å². The smallest absolute Gasteiger partial charge is 0.229 e. The number of unbranched alkanes of at least 4 members (excludes halogenated alkanes) is 1. The van der Waals surface area contributed by atoms with Crippen LogP contribution in [0, 0.1) is 13.8 Å². The number of hydrogen-bond donors (Lipinski definition) is 2. The van der Waals surface area contributed by atoms with E-state index in [1.54, 1.807) is 0 Å². The second-order valence-electron chi connectivity index (χ2n) is 7.64. The Labute approximate surface area is 187 Å². The third-order valence-electron chi connectivity index (χ3n) is 5.47. The van der Waals surface area contributed by atoms with Crippen molar-refractivity contribution in [3.05, 3.63) is 41.1 Å². The molecule has 29 heavy (non-hydrogen) atoms. The minimum atomic E-state index is 0. The summed E-state index contributed by atoms with van der Waals surface area (Å²) in [5.74, 6) is 1.75. The Hall–Kier alpha value is -1.56. The summed E-state index contributed by atoms with van der Waals surface area (Å²) in [5.41, 5.74) is 4.74. The first kappa shape index (κ1) is 25.5. The summed E-state index contributed by atoms with van der Waals surface area (Å²) >= 11 is 0. The van der Waals surface area contributed by atoms with E-state index in [9.17, 15) is 0 Å². The molecule has 162 valence electrons. The summed E-state index contributed by atoms with van der Waals surface area (Å²) in [4.78, 5) is 12.0. The minimum absolute atomic E-state index is 0. The summed E-state index contributed by atoms with van der Waals surface area (Å²) in [5, 5.41) is 6.85. The van der Waals surface area contributed by atoms with Crippen molar-refractivity contribution in [3.8, 4) is 0 Å². The molecule has 0 aliphatic carbocycles. The molecule has 3 rings (SSSR count). The molecule has 1 aromatic carbocycles. The SMILES string of the molecule is CCCCc1cc(N2CCC[C@@H](NC)C2)nc(Nc2ccc(C)c(C)c2)n1.Cl.Cl. The molecule has 2 aromatic rings. The van der Waals surface area contributed by atoms with Gasteiger partial charge in [0.15, 0.2) is 0 Å². The lowest BCUT2D eigenvalue weighted by molar-refractivity contribution is 0.447. The van der Waals surface area contributed by atoms with E-state index in [2.05, 4.69) is 60.6 Å². The summed E-state index contributed by atoms with van der Waals surface area (Å²) < 4.78 is 0. The minimum Gasteiger partial charge on any atom is -0.355 e. The number of anilines is 3. The van der Waals surface area contributed by atoms with Gasteiger partial charge in [0.25, 0.3) is 0 Å². The first-order valence-electron chi connectivity index (χ1n) is 10.2. The van der Waals surface area contributed by atoms with Crippen molar-refractivity contribution >= 4 is 42.3 Å². The molecule has 2 N–H and O–H groups in total. The monoisotopic (exact) mass is 439 g/mol. The maximum atomic E-state index is 4.86. The quantitative estimate of drug-likeness (QED) is 0.619. The third kappa shape index (κ3) is 7.02. The van der Waals surface area contributed by atoms with Gasteiger partial charge < -0.3 is 15.5 Å². The van der Waals surface area contributed by atoms with E-state index in [0.717, 1.165) is 43.1 Å². The van der Waals surface area contributed by atoms with Gasteiger partial charge in [0, 0.05) is 36.6 Å². The first-order valence-corrected chi connectivity index (χ1v) is 10.2. The molecule has 1 saturated heterocycles. The topological polar surface area (TPSA) is 53.1 Å². The lowest BCUT2D eigenvalue weighted by atomic mass is 10.1. The average molecular weight is 440 g/mol. The van der Waals surface area contributed by atoms with Gasteiger partial charge in [-0.1, -0.05) is 19.4 Å². The number of aryl methyl sites for hydroxylation is 3. The lowest BCUT2D eigenvalue weighted by Gasteiger charge is -2.33. The fourth-order valence-electron chi connectivity index (χ4n) is 3.56. The fraction of sp³-hybridized carbons (Fsp3) is 0.545. The Kier molecular flexibility index (Phi) is 10.7. The Bertz CT molecular complexity index is 769. The standard InChI is InChI=1S/C22H33N5.2ClH/c1-5-6-8-18-14-21(27-12-7-9-20(15-27)23-4)26-22(24-18)25-19-11-10-16(2)17(3)13-19;;/h10-11,13-14,20,23H,5-9,12,15H2,1-4H3,(H,24,25,26);2*1H/t20-;;/m1../s1. The van der Waals surface area contributed by atoms with Crippen molar-refractivity contribution in [2.45, 2.75) is 58.9 Å². The van der Waals surface area contributed by atoms with Crippen LogP contribution in [0.3, 0.4) is 0 Å². The Morgan fingerprint density at radius 3 is 2.59 bits per heavy atom. The molecule has 2 heterocycles. The number of aromatic nitrogens is 2. The van der Waals surface area contributed by atoms with Crippen molar-refractivity contribution in [1.29, 1.82) is 0 Å². The van der Waals surface area contributed by atoms with Gasteiger partial charge in [0.1, 0.15) is 5.82 Å². The molecule has 0 saturated carbocycles.